The molecule has 184 valence electrons. The number of carbonyl (C=O) groups excluding carboxylic acids is 1. The third-order valence-corrected chi connectivity index (χ3v) is 4.26. The molecule has 0 spiro atoms. The van der Waals surface area contributed by atoms with Crippen LogP contribution in [0, 0.1) is 0 Å². The molecule has 0 unspecified atom stereocenters. The van der Waals surface area contributed by atoms with Crippen LogP contribution in [0.5, 0.6) is 23.0 Å². The maximum Gasteiger partial charge on any atom is 0.387 e. The van der Waals surface area contributed by atoms with Crippen molar-refractivity contribution in [3.05, 3.63) is 83.9 Å². The first-order valence-corrected chi connectivity index (χ1v) is 10.1. The quantitative estimate of drug-likeness (QED) is 0.219. The fourth-order valence-electron chi connectivity index (χ4n) is 2.72. The predicted octanol–water partition coefficient (Wildman–Crippen LogP) is 5.00. The second-order valence-corrected chi connectivity index (χ2v) is 6.78. The smallest absolute Gasteiger partial charge is 0.387 e. The van der Waals surface area contributed by atoms with Gasteiger partial charge in [0.25, 0.3) is 5.91 Å². The van der Waals surface area contributed by atoms with Crippen LogP contribution < -0.4 is 24.4 Å². The predicted molar refractivity (Wildman–Crippen MR) is 118 cm³/mol. The van der Waals surface area contributed by atoms with Gasteiger partial charge in [-0.05, 0) is 42.0 Å². The van der Waals surface area contributed by atoms with Crippen molar-refractivity contribution < 1.29 is 41.3 Å². The largest absolute Gasteiger partial charge is 0.489 e. The van der Waals surface area contributed by atoms with Gasteiger partial charge in [-0.2, -0.15) is 22.7 Å². The monoisotopic (exact) mass is 492 g/mol. The molecule has 0 aliphatic heterocycles. The Morgan fingerprint density at radius 2 is 1.46 bits per heavy atom. The molecule has 0 aliphatic rings. The van der Waals surface area contributed by atoms with E-state index in [1.807, 2.05) is 30.3 Å². The van der Waals surface area contributed by atoms with Crippen molar-refractivity contribution in [3.63, 3.8) is 0 Å². The van der Waals surface area contributed by atoms with E-state index >= 15 is 0 Å². The molecule has 7 nitrogen and oxygen atoms in total. The molecule has 1 amide bonds. The van der Waals surface area contributed by atoms with Gasteiger partial charge in [0.15, 0.2) is 6.61 Å². The highest BCUT2D eigenvalue weighted by atomic mass is 19.3. The summed E-state index contributed by atoms with van der Waals surface area (Å²) in [5.41, 5.74) is 3.19. The summed E-state index contributed by atoms with van der Waals surface area (Å²) in [5, 5.41) is 3.64. The van der Waals surface area contributed by atoms with E-state index in [2.05, 4.69) is 20.0 Å². The Hall–Kier alpha value is -4.28. The lowest BCUT2D eigenvalue weighted by Gasteiger charge is -2.11. The Morgan fingerprint density at radius 3 is 2.11 bits per heavy atom. The molecule has 11 heteroatoms. The van der Waals surface area contributed by atoms with Crippen LogP contribution in [0.4, 0.5) is 17.6 Å². The zero-order valence-electron chi connectivity index (χ0n) is 18.1. The van der Waals surface area contributed by atoms with Gasteiger partial charge in [-0.3, -0.25) is 4.79 Å². The van der Waals surface area contributed by atoms with Gasteiger partial charge in [0.2, 0.25) is 0 Å². The van der Waals surface area contributed by atoms with Gasteiger partial charge >= 0.3 is 13.2 Å². The normalized spacial score (nSPS) is 11.0. The van der Waals surface area contributed by atoms with Crippen LogP contribution in [0.25, 0.3) is 0 Å². The molecular weight excluding hydrogens is 472 g/mol. The minimum absolute atomic E-state index is 0.000716. The van der Waals surface area contributed by atoms with Crippen LogP contribution in [0.2, 0.25) is 0 Å². The highest BCUT2D eigenvalue weighted by Crippen LogP contribution is 2.26. The maximum atomic E-state index is 12.6. The molecule has 1 N–H and O–H groups in total. The van der Waals surface area contributed by atoms with Gasteiger partial charge in [0, 0.05) is 11.6 Å². The average molecular weight is 492 g/mol. The standard InChI is InChI=1S/C24H20F4N2O5/c25-23(26)34-20-7-6-17(21(12-20)35-24(27)28)13-29-30-22(31)15-33-19-10-8-18(9-11-19)32-14-16-4-2-1-3-5-16/h1-13,23-24H,14-15H2,(H,30,31)/b29-13-. The van der Waals surface area contributed by atoms with E-state index in [4.69, 9.17) is 9.47 Å². The van der Waals surface area contributed by atoms with Crippen molar-refractivity contribution in [2.75, 3.05) is 6.61 Å². The molecule has 0 saturated heterocycles. The van der Waals surface area contributed by atoms with Crippen molar-refractivity contribution in [2.24, 2.45) is 5.10 Å². The molecule has 3 rings (SSSR count). The molecule has 3 aromatic carbocycles. The van der Waals surface area contributed by atoms with Gasteiger partial charge < -0.3 is 18.9 Å². The maximum absolute atomic E-state index is 12.6. The summed E-state index contributed by atoms with van der Waals surface area (Å²) in [4.78, 5) is 11.9. The lowest BCUT2D eigenvalue weighted by Crippen LogP contribution is -2.24. The Kier molecular flexibility index (Phi) is 9.29. The molecule has 0 saturated carbocycles. The number of hydrogen-bond donors (Lipinski definition) is 1. The van der Waals surface area contributed by atoms with Crippen molar-refractivity contribution in [1.82, 2.24) is 5.43 Å². The SMILES string of the molecule is O=C(COc1ccc(OCc2ccccc2)cc1)N/N=C\c1ccc(OC(F)F)cc1OC(F)F. The second-order valence-electron chi connectivity index (χ2n) is 6.78. The molecule has 0 aromatic heterocycles. The topological polar surface area (TPSA) is 78.4 Å². The molecule has 0 heterocycles. The van der Waals surface area contributed by atoms with E-state index in [1.54, 1.807) is 24.3 Å². The van der Waals surface area contributed by atoms with E-state index in [0.717, 1.165) is 23.9 Å². The molecule has 0 fully saturated rings. The Morgan fingerprint density at radius 1 is 0.829 bits per heavy atom. The first-order valence-electron chi connectivity index (χ1n) is 10.1. The summed E-state index contributed by atoms with van der Waals surface area (Å²) < 4.78 is 69.3. The molecule has 0 bridgehead atoms. The number of ether oxygens (including phenoxy) is 4. The Bertz CT molecular complexity index is 1110. The number of nitrogens with one attached hydrogen (secondary N) is 1. The van der Waals surface area contributed by atoms with Gasteiger partial charge in [-0.25, -0.2) is 5.43 Å². The minimum Gasteiger partial charge on any atom is -0.489 e. The zero-order chi connectivity index (χ0) is 25.0. The lowest BCUT2D eigenvalue weighted by molar-refractivity contribution is -0.123. The van der Waals surface area contributed by atoms with Gasteiger partial charge in [0.1, 0.15) is 29.6 Å². The fourth-order valence-corrected chi connectivity index (χ4v) is 2.72. The Labute approximate surface area is 197 Å². The van der Waals surface area contributed by atoms with E-state index in [1.165, 1.54) is 6.07 Å². The number of nitrogens with zero attached hydrogens (tertiary/aromatic N) is 1. The number of benzene rings is 3. The first kappa shape index (κ1) is 25.3. The van der Waals surface area contributed by atoms with Crippen molar-refractivity contribution >= 4 is 12.1 Å². The lowest BCUT2D eigenvalue weighted by atomic mass is 10.2. The summed E-state index contributed by atoms with van der Waals surface area (Å²) in [6.45, 7) is -6.30. The van der Waals surface area contributed by atoms with E-state index in [0.29, 0.717) is 18.1 Å². The van der Waals surface area contributed by atoms with E-state index < -0.39 is 24.9 Å². The van der Waals surface area contributed by atoms with Crippen molar-refractivity contribution in [3.8, 4) is 23.0 Å². The summed E-state index contributed by atoms with van der Waals surface area (Å²) in [5.74, 6) is -0.413. The van der Waals surface area contributed by atoms with Crippen LogP contribution in [0.3, 0.4) is 0 Å². The third kappa shape index (κ3) is 8.88. The fraction of sp³-hybridized carbons (Fsp3) is 0.167. The van der Waals surface area contributed by atoms with Crippen LogP contribution >= 0.6 is 0 Å². The average Bonchev–Trinajstić information content (AvgIpc) is 2.83. The molecule has 3 aromatic rings. The first-order chi connectivity index (χ1) is 16.9. The van der Waals surface area contributed by atoms with Crippen LogP contribution in [0.1, 0.15) is 11.1 Å². The summed E-state index contributed by atoms with van der Waals surface area (Å²) in [7, 11) is 0. The minimum atomic E-state index is -3.21. The van der Waals surface area contributed by atoms with Crippen molar-refractivity contribution in [2.45, 2.75) is 19.8 Å². The van der Waals surface area contributed by atoms with E-state index in [-0.39, 0.29) is 17.9 Å². The molecule has 0 radical (unpaired) electrons. The number of hydrazone groups is 1. The molecular formula is C24H20F4N2O5. The number of halogens is 4. The number of rotatable bonds is 12. The Balaban J connectivity index is 1.48. The van der Waals surface area contributed by atoms with Gasteiger partial charge in [-0.1, -0.05) is 30.3 Å². The number of amides is 1. The summed E-state index contributed by atoms with van der Waals surface area (Å²) >= 11 is 0. The summed E-state index contributed by atoms with van der Waals surface area (Å²) in [6.07, 6.45) is 1.01. The van der Waals surface area contributed by atoms with Crippen LogP contribution in [0.15, 0.2) is 77.9 Å². The molecule has 0 aliphatic carbocycles. The van der Waals surface area contributed by atoms with E-state index in [9.17, 15) is 22.4 Å². The highest BCUT2D eigenvalue weighted by molar-refractivity contribution is 5.85. The highest BCUT2D eigenvalue weighted by Gasteiger charge is 2.13. The van der Waals surface area contributed by atoms with Gasteiger partial charge in [-0.15, -0.1) is 0 Å². The number of hydrogen-bond acceptors (Lipinski definition) is 6. The number of carbonyl (C=O) groups is 1. The zero-order valence-corrected chi connectivity index (χ0v) is 18.1. The number of alkyl halides is 4. The van der Waals surface area contributed by atoms with Crippen molar-refractivity contribution in [1.29, 1.82) is 0 Å². The molecule has 35 heavy (non-hydrogen) atoms. The van der Waals surface area contributed by atoms with Crippen LogP contribution in [-0.2, 0) is 11.4 Å². The third-order valence-electron chi connectivity index (χ3n) is 4.26. The van der Waals surface area contributed by atoms with Gasteiger partial charge in [0.05, 0.1) is 6.21 Å². The molecule has 0 atom stereocenters. The van der Waals surface area contributed by atoms with Crippen LogP contribution in [-0.4, -0.2) is 32.0 Å². The summed E-state index contributed by atoms with van der Waals surface area (Å²) in [6, 6.07) is 19.4. The second kappa shape index (κ2) is 12.8.